The largest absolute Gasteiger partial charge is 0.436 e. The number of fused-ring (bicyclic) bond motifs is 2. The van der Waals surface area contributed by atoms with Gasteiger partial charge in [-0.15, -0.1) is 4.86 Å². The third-order valence-corrected chi connectivity index (χ3v) is 19.1. The summed E-state index contributed by atoms with van der Waals surface area (Å²) in [5.74, 6) is -0.329. The number of nitrogen functional groups attached to an aromatic ring is 2. The number of nitrogens with one attached hydrogen (secondary N) is 3. The Hall–Kier alpha value is -8.05. The molecule has 2 aliphatic heterocycles. The second-order valence-electron chi connectivity index (χ2n) is 20.1. The second kappa shape index (κ2) is 24.4. The van der Waals surface area contributed by atoms with Gasteiger partial charge in [-0.3, -0.25) is 46.4 Å². The smallest absolute Gasteiger partial charge is 0.387 e. The van der Waals surface area contributed by atoms with Gasteiger partial charge in [-0.1, -0.05) is 119 Å². The van der Waals surface area contributed by atoms with E-state index in [0.717, 1.165) is 42.1 Å². The molecule has 0 spiro atoms. The number of hydrogen-bond donors (Lipinski definition) is 12. The third-order valence-electron chi connectivity index (χ3n) is 14.3. The minimum absolute atomic E-state index is 0.0532. The van der Waals surface area contributed by atoms with Crippen molar-refractivity contribution in [2.75, 3.05) is 24.7 Å². The van der Waals surface area contributed by atoms with Gasteiger partial charge < -0.3 is 56.0 Å². The number of anilines is 2. The van der Waals surface area contributed by atoms with Crippen LogP contribution >= 0.6 is 23.2 Å². The number of hydrogen-bond acceptors (Lipinski definition) is 17. The molecule has 0 amide bonds. The van der Waals surface area contributed by atoms with Gasteiger partial charge >= 0.3 is 34.5 Å². The number of benzene rings is 4. The van der Waals surface area contributed by atoms with Gasteiger partial charge in [-0.2, -0.15) is 0 Å². The summed E-state index contributed by atoms with van der Waals surface area (Å²) in [5, 5.41) is 43.2. The Kier molecular flexibility index (Phi) is 16.9. The van der Waals surface area contributed by atoms with Crippen LogP contribution in [0.3, 0.4) is 0 Å². The normalized spacial score (nSPS) is 22.5. The Morgan fingerprint density at radius 2 is 0.919 bits per heavy atom. The van der Waals surface area contributed by atoms with Crippen LogP contribution in [0.1, 0.15) is 23.6 Å². The summed E-state index contributed by atoms with van der Waals surface area (Å²) in [6.07, 6.45) is -2.92. The van der Waals surface area contributed by atoms with E-state index in [-0.39, 0.29) is 47.3 Å². The maximum Gasteiger partial charge on any atom is 0.436 e. The van der Waals surface area contributed by atoms with Gasteiger partial charge in [0.25, 0.3) is 23.0 Å². The van der Waals surface area contributed by atoms with Crippen LogP contribution in [-0.2, 0) is 45.3 Å². The molecular formula is C54H58N13O16P3+2. The zero-order valence-corrected chi connectivity index (χ0v) is 47.7. The second-order valence-corrected chi connectivity index (χ2v) is 25.5. The highest BCUT2D eigenvalue weighted by molar-refractivity contribution is 7.68. The lowest BCUT2D eigenvalue weighted by molar-refractivity contribution is -0.746. The topological polar surface area (TPSA) is 413 Å². The van der Waals surface area contributed by atoms with Crippen LogP contribution in [0.4, 0.5) is 11.9 Å². The minimum atomic E-state index is -4.90. The Balaban J connectivity index is 0.000000179. The van der Waals surface area contributed by atoms with E-state index in [0.29, 0.717) is 0 Å². The maximum absolute atomic E-state index is 13.0. The molecular weight excluding hydrogens is 1180 g/mol. The van der Waals surface area contributed by atoms with Gasteiger partial charge in [0.05, 0.1) is 26.3 Å². The Bertz CT molecular complexity index is 4290. The van der Waals surface area contributed by atoms with Crippen LogP contribution in [0.15, 0.2) is 180 Å². The van der Waals surface area contributed by atoms with Crippen molar-refractivity contribution in [3.63, 3.8) is 0 Å². The van der Waals surface area contributed by atoms with Crippen LogP contribution in [0.5, 0.6) is 0 Å². The highest BCUT2D eigenvalue weighted by atomic mass is 31.3. The van der Waals surface area contributed by atoms with E-state index in [1.54, 1.807) is 32.5 Å². The zero-order chi connectivity index (χ0) is 60.7. The number of H-pyrrole nitrogens is 2. The fourth-order valence-corrected chi connectivity index (χ4v) is 13.9. The molecule has 10 aromatic rings. The molecule has 86 heavy (non-hydrogen) atoms. The standard InChI is InChI=1S/C27H29N7O9P2.C27H27N6O7P/c28-27-29-24-21(25(37)30-27)32(14-17-8-10-19(11-9-17)18-6-2-1-3-7-18)16-34(24)26-23(36)22(35)20(43-26)15-42-45(40,41)31-44(38,39)33-12-4-5-13-33;28-27-29-24-21(25(36)30-27)31(14-17-8-10-19(11-9-17)18-6-2-1-3-7-18)16-33(24)26-23(35)22(34)20(40-26)15-39-41(37,38)32-12-4-5-13-32/h1-13,16,20,22-23,26,35-36H,14-15H2,(H5-,28,29,30,31,37,38,39,40,41);1-13,16,20,22-23,26,34-35H,14-15H2,(H3-,28,29,30,36,37,38)/p+2/t2*20?,22-,23-,26?/m00/s1. The monoisotopic (exact) mass is 1240 g/mol. The molecule has 0 radical (unpaired) electrons. The van der Waals surface area contributed by atoms with E-state index >= 15 is 0 Å². The summed E-state index contributed by atoms with van der Waals surface area (Å²) in [6.45, 7) is -0.711. The van der Waals surface area contributed by atoms with E-state index in [2.05, 4.69) is 19.9 Å². The van der Waals surface area contributed by atoms with E-state index in [1.165, 1.54) is 52.4 Å². The molecule has 2 aliphatic rings. The molecule has 4 aromatic carbocycles. The first kappa shape index (κ1) is 59.7. The van der Waals surface area contributed by atoms with E-state index in [1.807, 2.05) is 109 Å². The zero-order valence-electron chi connectivity index (χ0n) is 45.0. The lowest BCUT2D eigenvalue weighted by atomic mass is 10.0. The van der Waals surface area contributed by atoms with Gasteiger partial charge in [0.15, 0.2) is 12.7 Å². The average Bonchev–Trinajstić information content (AvgIpc) is 1.75. The highest BCUT2D eigenvalue weighted by Gasteiger charge is 2.50. The predicted octanol–water partition coefficient (Wildman–Crippen LogP) is 2.48. The summed E-state index contributed by atoms with van der Waals surface area (Å²) < 4.78 is 67.2. The number of rotatable bonds is 18. The van der Waals surface area contributed by atoms with Crippen LogP contribution in [0.2, 0.25) is 0 Å². The van der Waals surface area contributed by atoms with Crippen LogP contribution in [0, 0.1) is 0 Å². The van der Waals surface area contributed by atoms with Crippen molar-refractivity contribution in [2.45, 2.75) is 62.2 Å². The van der Waals surface area contributed by atoms with Gasteiger partial charge in [-0.25, -0.2) is 22.8 Å². The Labute approximate surface area is 486 Å². The molecule has 2 fully saturated rings. The third kappa shape index (κ3) is 12.6. The van der Waals surface area contributed by atoms with Crippen molar-refractivity contribution in [3.8, 4) is 22.3 Å². The summed E-state index contributed by atoms with van der Waals surface area (Å²) in [5.41, 5.74) is 17.0. The van der Waals surface area contributed by atoms with Crippen LogP contribution in [-0.4, -0.2) is 123 Å². The number of nitrogens with zero attached hydrogens (tertiary/aromatic N) is 8. The average molecular weight is 1240 g/mol. The van der Waals surface area contributed by atoms with Crippen molar-refractivity contribution in [2.24, 2.45) is 0 Å². The first-order valence-electron chi connectivity index (χ1n) is 26.4. The highest BCUT2D eigenvalue weighted by Crippen LogP contribution is 2.52. The van der Waals surface area contributed by atoms with Crippen molar-refractivity contribution in [3.05, 3.63) is 203 Å². The first-order chi connectivity index (χ1) is 41.1. The summed E-state index contributed by atoms with van der Waals surface area (Å²) in [4.78, 5) is 71.7. The number of aliphatic hydroxyl groups is 4. The fourth-order valence-electron chi connectivity index (χ4n) is 10.1. The molecule has 2 saturated heterocycles. The molecule has 11 atom stereocenters. The molecule has 7 unspecified atom stereocenters. The molecule has 0 aliphatic carbocycles. The van der Waals surface area contributed by atoms with E-state index < -0.39 is 96.6 Å². The number of nitrogens with two attached hydrogens (primary N) is 2. The predicted molar refractivity (Wildman–Crippen MR) is 308 cm³/mol. The van der Waals surface area contributed by atoms with Gasteiger partial charge in [0.1, 0.15) is 36.6 Å². The quantitative estimate of drug-likeness (QED) is 0.0434. The molecule has 6 aromatic heterocycles. The van der Waals surface area contributed by atoms with Crippen molar-refractivity contribution in [1.29, 1.82) is 0 Å². The maximum atomic E-state index is 13.0. The lowest BCUT2D eigenvalue weighted by Crippen LogP contribution is -2.46. The molecule has 32 heteroatoms. The van der Waals surface area contributed by atoms with Crippen molar-refractivity contribution >= 4 is 57.4 Å². The number of aromatic nitrogens is 10. The number of aromatic amines is 2. The Morgan fingerprint density at radius 3 is 1.34 bits per heavy atom. The lowest BCUT2D eigenvalue weighted by Gasteiger charge is -2.20. The molecule has 14 N–H and O–H groups in total. The Morgan fingerprint density at radius 1 is 0.535 bits per heavy atom. The van der Waals surface area contributed by atoms with Gasteiger partial charge in [0.2, 0.25) is 23.5 Å². The molecule has 448 valence electrons. The van der Waals surface area contributed by atoms with Crippen molar-refractivity contribution in [1.82, 2.24) is 42.6 Å². The van der Waals surface area contributed by atoms with Crippen LogP contribution in [0.25, 0.3) is 44.6 Å². The molecule has 12 rings (SSSR count). The number of ether oxygens (including phenoxy) is 2. The van der Waals surface area contributed by atoms with Crippen molar-refractivity contribution < 1.29 is 76.5 Å². The van der Waals surface area contributed by atoms with E-state index in [4.69, 9.17) is 30.0 Å². The van der Waals surface area contributed by atoms with Gasteiger partial charge in [0, 0.05) is 24.8 Å². The molecule has 8 heterocycles. The molecule has 0 bridgehead atoms. The van der Waals surface area contributed by atoms with E-state index in [9.17, 15) is 58.4 Å². The molecule has 29 nitrogen and oxygen atoms in total. The number of aliphatic hydroxyl groups excluding tert-OH is 4. The summed E-state index contributed by atoms with van der Waals surface area (Å²) in [7, 11) is -13.7. The number of imidazole rings is 2. The van der Waals surface area contributed by atoms with Crippen LogP contribution < -0.4 is 36.6 Å². The first-order valence-corrected chi connectivity index (χ1v) is 31.1. The fraction of sp³-hybridized carbons (Fsp3) is 0.222. The minimum Gasteiger partial charge on any atom is -0.387 e. The summed E-state index contributed by atoms with van der Waals surface area (Å²) >= 11 is 0. The SMILES string of the molecule is Nc1nc2c(c(=O)[nH]1)n(Cc1ccc(-c3ccccc3)cc1)c[n+]2C1OC(COP(=O)(O)NP(=O)(O)n2cccc2)[C@H](O)[C@@H]1O.Nc1nc2c(c(=O)[nH]1)n(Cc1ccc(-c3ccccc3)cc1)c[n+]2C1OC(COP(=O)(O)n2cccc2)[C@H](O)[C@@H]1O. The summed E-state index contributed by atoms with van der Waals surface area (Å²) in [6, 6.07) is 41.4. The molecule has 0 saturated carbocycles. The van der Waals surface area contributed by atoms with Gasteiger partial charge in [-0.05, 0) is 57.6 Å².